The number of anilines is 1. The largest absolute Gasteiger partial charge is 0.378 e. The SMILES string of the molecule is O=C(CSCc1ccccn1)NCc1cccnc1N1CCOCC1. The molecule has 0 saturated carbocycles. The Labute approximate surface area is 152 Å². The Morgan fingerprint density at radius 2 is 2.00 bits per heavy atom. The molecule has 0 bridgehead atoms. The molecule has 3 rings (SSSR count). The molecular weight excluding hydrogens is 336 g/mol. The van der Waals surface area contributed by atoms with Gasteiger partial charge in [0.1, 0.15) is 5.82 Å². The first-order valence-electron chi connectivity index (χ1n) is 8.34. The highest BCUT2D eigenvalue weighted by Gasteiger charge is 2.16. The molecule has 1 saturated heterocycles. The molecule has 0 spiro atoms. The van der Waals surface area contributed by atoms with E-state index in [0.29, 0.717) is 25.5 Å². The van der Waals surface area contributed by atoms with Crippen molar-refractivity contribution >= 4 is 23.5 Å². The van der Waals surface area contributed by atoms with Gasteiger partial charge in [0.2, 0.25) is 5.91 Å². The molecule has 6 nitrogen and oxygen atoms in total. The average molecular weight is 358 g/mol. The van der Waals surface area contributed by atoms with Crippen LogP contribution in [0.25, 0.3) is 0 Å². The Balaban J connectivity index is 1.47. The topological polar surface area (TPSA) is 67.4 Å². The van der Waals surface area contributed by atoms with Crippen molar-refractivity contribution in [2.45, 2.75) is 12.3 Å². The van der Waals surface area contributed by atoms with Crippen LogP contribution in [0.15, 0.2) is 42.7 Å². The number of thioether (sulfide) groups is 1. The van der Waals surface area contributed by atoms with E-state index >= 15 is 0 Å². The van der Waals surface area contributed by atoms with E-state index < -0.39 is 0 Å². The van der Waals surface area contributed by atoms with E-state index in [4.69, 9.17) is 4.74 Å². The first kappa shape index (κ1) is 17.7. The number of hydrogen-bond acceptors (Lipinski definition) is 6. The Morgan fingerprint density at radius 1 is 1.16 bits per heavy atom. The second kappa shape index (κ2) is 9.39. The van der Waals surface area contributed by atoms with Crippen LogP contribution in [0.3, 0.4) is 0 Å². The van der Waals surface area contributed by atoms with Gasteiger partial charge in [-0.1, -0.05) is 12.1 Å². The van der Waals surface area contributed by atoms with Gasteiger partial charge < -0.3 is 15.0 Å². The first-order valence-corrected chi connectivity index (χ1v) is 9.49. The van der Waals surface area contributed by atoms with Crippen LogP contribution in [0.4, 0.5) is 5.82 Å². The molecule has 1 aliphatic heterocycles. The molecule has 1 aliphatic rings. The van der Waals surface area contributed by atoms with Gasteiger partial charge in [0.25, 0.3) is 0 Å². The zero-order chi connectivity index (χ0) is 17.3. The fourth-order valence-electron chi connectivity index (χ4n) is 2.60. The van der Waals surface area contributed by atoms with Crippen molar-refractivity contribution in [1.82, 2.24) is 15.3 Å². The lowest BCUT2D eigenvalue weighted by Crippen LogP contribution is -2.38. The quantitative estimate of drug-likeness (QED) is 0.815. The minimum atomic E-state index is 0.0257. The summed E-state index contributed by atoms with van der Waals surface area (Å²) in [5.74, 6) is 2.12. The summed E-state index contributed by atoms with van der Waals surface area (Å²) in [7, 11) is 0. The van der Waals surface area contributed by atoms with E-state index in [9.17, 15) is 4.79 Å². The van der Waals surface area contributed by atoms with Crippen LogP contribution >= 0.6 is 11.8 Å². The van der Waals surface area contributed by atoms with Gasteiger partial charge in [-0.15, -0.1) is 11.8 Å². The van der Waals surface area contributed by atoms with Gasteiger partial charge in [-0.3, -0.25) is 9.78 Å². The van der Waals surface area contributed by atoms with E-state index in [1.165, 1.54) is 0 Å². The third-order valence-electron chi connectivity index (χ3n) is 3.86. The van der Waals surface area contributed by atoms with Crippen LogP contribution in [0, 0.1) is 0 Å². The molecule has 0 unspecified atom stereocenters. The molecule has 1 N–H and O–H groups in total. The van der Waals surface area contributed by atoms with E-state index in [1.807, 2.05) is 30.3 Å². The lowest BCUT2D eigenvalue weighted by molar-refractivity contribution is -0.118. The molecular formula is C18H22N4O2S. The zero-order valence-electron chi connectivity index (χ0n) is 14.1. The maximum atomic E-state index is 12.1. The fraction of sp³-hybridized carbons (Fsp3) is 0.389. The van der Waals surface area contributed by atoms with Crippen LogP contribution in [0.1, 0.15) is 11.3 Å². The third-order valence-corrected chi connectivity index (χ3v) is 4.83. The maximum absolute atomic E-state index is 12.1. The molecule has 1 fully saturated rings. The van der Waals surface area contributed by atoms with Gasteiger partial charge in [0.15, 0.2) is 0 Å². The Morgan fingerprint density at radius 3 is 2.80 bits per heavy atom. The number of rotatable bonds is 7. The van der Waals surface area contributed by atoms with Gasteiger partial charge in [0.05, 0.1) is 24.7 Å². The second-order valence-corrected chi connectivity index (χ2v) is 6.66. The fourth-order valence-corrected chi connectivity index (χ4v) is 3.37. The highest BCUT2D eigenvalue weighted by Crippen LogP contribution is 2.18. The summed E-state index contributed by atoms with van der Waals surface area (Å²) in [6, 6.07) is 9.73. The normalized spacial score (nSPS) is 14.3. The third kappa shape index (κ3) is 5.44. The van der Waals surface area contributed by atoms with Gasteiger partial charge in [-0.2, -0.15) is 0 Å². The number of carbonyl (C=O) groups is 1. The number of carbonyl (C=O) groups excluding carboxylic acids is 1. The Kier molecular flexibility index (Phi) is 6.64. The smallest absolute Gasteiger partial charge is 0.230 e. The van der Waals surface area contributed by atoms with Crippen molar-refractivity contribution in [1.29, 1.82) is 0 Å². The molecule has 7 heteroatoms. The van der Waals surface area contributed by atoms with Gasteiger partial charge >= 0.3 is 0 Å². The lowest BCUT2D eigenvalue weighted by atomic mass is 10.2. The number of amides is 1. The summed E-state index contributed by atoms with van der Waals surface area (Å²) < 4.78 is 5.39. The predicted molar refractivity (Wildman–Crippen MR) is 99.5 cm³/mol. The number of nitrogens with zero attached hydrogens (tertiary/aromatic N) is 3. The average Bonchev–Trinajstić information content (AvgIpc) is 2.68. The van der Waals surface area contributed by atoms with Crippen LogP contribution in [-0.2, 0) is 21.8 Å². The maximum Gasteiger partial charge on any atom is 0.230 e. The van der Waals surface area contributed by atoms with Crippen LogP contribution < -0.4 is 10.2 Å². The molecule has 0 atom stereocenters. The first-order chi connectivity index (χ1) is 12.3. The highest BCUT2D eigenvalue weighted by atomic mass is 32.2. The van der Waals surface area contributed by atoms with Gasteiger partial charge in [-0.05, 0) is 18.2 Å². The van der Waals surface area contributed by atoms with Crippen LogP contribution in [0.2, 0.25) is 0 Å². The van der Waals surface area contributed by atoms with Gasteiger partial charge in [0, 0.05) is 43.3 Å². The summed E-state index contributed by atoms with van der Waals surface area (Å²) in [6.45, 7) is 3.58. The van der Waals surface area contributed by atoms with Crippen molar-refractivity contribution in [3.63, 3.8) is 0 Å². The summed E-state index contributed by atoms with van der Waals surface area (Å²) in [6.07, 6.45) is 3.56. The molecule has 0 radical (unpaired) electrons. The molecule has 2 aromatic rings. The zero-order valence-corrected chi connectivity index (χ0v) is 14.9. The van der Waals surface area contributed by atoms with E-state index in [-0.39, 0.29) is 5.91 Å². The predicted octanol–water partition coefficient (Wildman–Crippen LogP) is 1.86. The monoisotopic (exact) mass is 358 g/mol. The molecule has 1 amide bonds. The molecule has 25 heavy (non-hydrogen) atoms. The number of aromatic nitrogens is 2. The summed E-state index contributed by atoms with van der Waals surface area (Å²) in [5, 5.41) is 2.99. The minimum absolute atomic E-state index is 0.0257. The van der Waals surface area contributed by atoms with Crippen LogP contribution in [-0.4, -0.2) is 47.9 Å². The lowest BCUT2D eigenvalue weighted by Gasteiger charge is -2.29. The second-order valence-electron chi connectivity index (χ2n) is 5.68. The number of pyridine rings is 2. The summed E-state index contributed by atoms with van der Waals surface area (Å²) in [4.78, 5) is 23.0. The molecule has 3 heterocycles. The van der Waals surface area contributed by atoms with Gasteiger partial charge in [-0.25, -0.2) is 4.98 Å². The Hall–Kier alpha value is -2.12. The molecule has 2 aromatic heterocycles. The molecule has 0 aliphatic carbocycles. The number of ether oxygens (including phenoxy) is 1. The standard InChI is InChI=1S/C18H22N4O2S/c23-17(14-25-13-16-5-1-2-6-19-16)21-12-15-4-3-7-20-18(15)22-8-10-24-11-9-22/h1-7H,8-14H2,(H,21,23). The summed E-state index contributed by atoms with van der Waals surface area (Å²) in [5.41, 5.74) is 2.02. The van der Waals surface area contributed by atoms with E-state index in [0.717, 1.165) is 35.9 Å². The van der Waals surface area contributed by atoms with E-state index in [1.54, 1.807) is 24.2 Å². The summed E-state index contributed by atoms with van der Waals surface area (Å²) >= 11 is 1.56. The number of morpholine rings is 1. The minimum Gasteiger partial charge on any atom is -0.378 e. The van der Waals surface area contributed by atoms with Crippen molar-refractivity contribution in [2.75, 3.05) is 37.0 Å². The van der Waals surface area contributed by atoms with Crippen molar-refractivity contribution in [3.05, 3.63) is 54.0 Å². The van der Waals surface area contributed by atoms with Crippen molar-refractivity contribution in [2.24, 2.45) is 0 Å². The number of nitrogens with one attached hydrogen (secondary N) is 1. The van der Waals surface area contributed by atoms with Crippen LogP contribution in [0.5, 0.6) is 0 Å². The van der Waals surface area contributed by atoms with E-state index in [2.05, 4.69) is 20.2 Å². The molecule has 0 aromatic carbocycles. The van der Waals surface area contributed by atoms with Crippen molar-refractivity contribution < 1.29 is 9.53 Å². The Bertz CT molecular complexity index is 678. The van der Waals surface area contributed by atoms with Crippen molar-refractivity contribution in [3.8, 4) is 0 Å². The molecule has 132 valence electrons. The highest BCUT2D eigenvalue weighted by molar-refractivity contribution is 7.99. The number of hydrogen-bond donors (Lipinski definition) is 1.